The number of nitrogens with two attached hydrogens (primary N) is 1. The summed E-state index contributed by atoms with van der Waals surface area (Å²) < 4.78 is 15.1. The van der Waals surface area contributed by atoms with E-state index in [1.165, 1.54) is 0 Å². The Bertz CT molecular complexity index is 151. The quantitative estimate of drug-likeness (QED) is 0.338. The number of ether oxygens (including phenoxy) is 3. The van der Waals surface area contributed by atoms with E-state index in [9.17, 15) is 0 Å². The Labute approximate surface area is 79.3 Å². The molecule has 0 aliphatic heterocycles. The minimum Gasteiger partial charge on any atom is -0.443 e. The molecule has 2 N–H and O–H groups in total. The van der Waals surface area contributed by atoms with Gasteiger partial charge in [0, 0.05) is 12.7 Å². The van der Waals surface area contributed by atoms with Crippen molar-refractivity contribution in [3.8, 4) is 12.2 Å². The lowest BCUT2D eigenvalue weighted by Gasteiger charge is -2.03. The van der Waals surface area contributed by atoms with E-state index in [4.69, 9.17) is 19.9 Å². The lowest BCUT2D eigenvalue weighted by molar-refractivity contribution is 0.0331. The van der Waals surface area contributed by atoms with Crippen molar-refractivity contribution in [2.45, 2.75) is 13.3 Å². The minimum atomic E-state index is 0.442. The van der Waals surface area contributed by atoms with E-state index in [0.717, 1.165) is 13.0 Å². The molecule has 0 unspecified atom stereocenters. The van der Waals surface area contributed by atoms with Crippen molar-refractivity contribution in [2.75, 3.05) is 33.0 Å². The molecule has 76 valence electrons. The van der Waals surface area contributed by atoms with E-state index in [-0.39, 0.29) is 0 Å². The van der Waals surface area contributed by atoms with Crippen molar-refractivity contribution in [3.63, 3.8) is 0 Å². The molecule has 0 heterocycles. The molecular formula is C9H17NO3. The fourth-order valence-corrected chi connectivity index (χ4v) is 0.660. The first kappa shape index (κ1) is 12.1. The van der Waals surface area contributed by atoms with Crippen LogP contribution in [0.2, 0.25) is 0 Å². The van der Waals surface area contributed by atoms with Crippen molar-refractivity contribution in [3.05, 3.63) is 0 Å². The zero-order valence-corrected chi connectivity index (χ0v) is 8.04. The summed E-state index contributed by atoms with van der Waals surface area (Å²) in [7, 11) is 0. The van der Waals surface area contributed by atoms with E-state index in [1.807, 2.05) is 0 Å². The molecule has 0 aliphatic rings. The van der Waals surface area contributed by atoms with Crippen LogP contribution in [-0.2, 0) is 14.2 Å². The molecule has 13 heavy (non-hydrogen) atoms. The molecule has 0 aliphatic carbocycles. The molecule has 0 saturated carbocycles. The second-order valence-corrected chi connectivity index (χ2v) is 2.32. The summed E-state index contributed by atoms with van der Waals surface area (Å²) in [6.07, 6.45) is 3.31. The minimum absolute atomic E-state index is 0.442. The van der Waals surface area contributed by atoms with Crippen LogP contribution in [0.25, 0.3) is 0 Å². The molecule has 0 fully saturated rings. The normalized spacial score (nSPS) is 9.00. The highest BCUT2D eigenvalue weighted by atomic mass is 16.5. The predicted molar refractivity (Wildman–Crippen MR) is 49.8 cm³/mol. The third kappa shape index (κ3) is 11.1. The van der Waals surface area contributed by atoms with Gasteiger partial charge in [-0.3, -0.25) is 0 Å². The van der Waals surface area contributed by atoms with Crippen molar-refractivity contribution < 1.29 is 14.2 Å². The first-order chi connectivity index (χ1) is 6.41. The summed E-state index contributed by atoms with van der Waals surface area (Å²) in [5, 5.41) is 0. The second kappa shape index (κ2) is 11.1. The fourth-order valence-electron chi connectivity index (χ4n) is 0.660. The number of hydrogen-bond acceptors (Lipinski definition) is 4. The molecule has 0 aromatic carbocycles. The van der Waals surface area contributed by atoms with E-state index in [1.54, 1.807) is 0 Å². The van der Waals surface area contributed by atoms with Crippen LogP contribution in [0, 0.1) is 12.2 Å². The molecule has 0 bridgehead atoms. The summed E-state index contributed by atoms with van der Waals surface area (Å²) >= 11 is 0. The molecular weight excluding hydrogens is 170 g/mol. The van der Waals surface area contributed by atoms with Crippen LogP contribution in [0.3, 0.4) is 0 Å². The maximum absolute atomic E-state index is 5.20. The van der Waals surface area contributed by atoms with Crippen LogP contribution in [-0.4, -0.2) is 33.0 Å². The lowest BCUT2D eigenvalue weighted by atomic mass is 10.5. The molecule has 0 atom stereocenters. The first-order valence-corrected chi connectivity index (χ1v) is 4.39. The Morgan fingerprint density at radius 2 is 1.62 bits per heavy atom. The fraction of sp³-hybridized carbons (Fsp3) is 0.778. The van der Waals surface area contributed by atoms with Gasteiger partial charge in [-0.1, -0.05) is 6.92 Å². The molecule has 4 heteroatoms. The summed E-state index contributed by atoms with van der Waals surface area (Å²) in [4.78, 5) is 0. The van der Waals surface area contributed by atoms with Gasteiger partial charge < -0.3 is 19.9 Å². The van der Waals surface area contributed by atoms with Crippen LogP contribution < -0.4 is 5.73 Å². The SMILES string of the molecule is CCCOCCOCCOC#CN. The standard InChI is InChI=1S/C9H17NO3/c1-2-4-11-6-8-13-9-7-12-5-3-10/h2,4,6-10H2,1H3. The van der Waals surface area contributed by atoms with Crippen molar-refractivity contribution in [1.82, 2.24) is 0 Å². The van der Waals surface area contributed by atoms with Crippen molar-refractivity contribution in [2.24, 2.45) is 5.73 Å². The highest BCUT2D eigenvalue weighted by Crippen LogP contribution is 1.82. The molecule has 0 aromatic rings. The monoisotopic (exact) mass is 187 g/mol. The summed E-state index contributed by atoms with van der Waals surface area (Å²) in [5.41, 5.74) is 4.88. The zero-order valence-electron chi connectivity index (χ0n) is 8.04. The molecule has 4 nitrogen and oxygen atoms in total. The highest BCUT2D eigenvalue weighted by molar-refractivity contribution is 4.83. The third-order valence-corrected chi connectivity index (χ3v) is 1.18. The van der Waals surface area contributed by atoms with Gasteiger partial charge in [-0.25, -0.2) is 0 Å². The van der Waals surface area contributed by atoms with Gasteiger partial charge in [0.15, 0.2) is 0 Å². The summed E-state index contributed by atoms with van der Waals surface area (Å²) in [5.74, 6) is 0. The zero-order chi connectivity index (χ0) is 9.78. The highest BCUT2D eigenvalue weighted by Gasteiger charge is 1.88. The Hall–Kier alpha value is -0.920. The van der Waals surface area contributed by atoms with Crippen LogP contribution >= 0.6 is 0 Å². The van der Waals surface area contributed by atoms with Crippen molar-refractivity contribution >= 4 is 0 Å². The largest absolute Gasteiger partial charge is 0.443 e. The molecule has 0 amide bonds. The predicted octanol–water partition coefficient (Wildman–Crippen LogP) is 0.323. The van der Waals surface area contributed by atoms with Gasteiger partial charge in [-0.2, -0.15) is 0 Å². The maximum atomic E-state index is 5.20. The van der Waals surface area contributed by atoms with Crippen LogP contribution in [0.1, 0.15) is 13.3 Å². The molecule has 0 rings (SSSR count). The maximum Gasteiger partial charge on any atom is 0.133 e. The van der Waals surface area contributed by atoms with Crippen LogP contribution in [0.15, 0.2) is 0 Å². The Kier molecular flexibility index (Phi) is 10.3. The Morgan fingerprint density at radius 1 is 1.00 bits per heavy atom. The van der Waals surface area contributed by atoms with Gasteiger partial charge in [-0.05, 0) is 6.42 Å². The lowest BCUT2D eigenvalue weighted by Crippen LogP contribution is -2.08. The number of hydrogen-bond donors (Lipinski definition) is 1. The topological polar surface area (TPSA) is 53.7 Å². The Morgan fingerprint density at radius 3 is 2.23 bits per heavy atom. The van der Waals surface area contributed by atoms with Gasteiger partial charge in [0.2, 0.25) is 0 Å². The number of rotatable bonds is 8. The van der Waals surface area contributed by atoms with E-state index in [0.29, 0.717) is 26.4 Å². The average Bonchev–Trinajstić information content (AvgIpc) is 2.16. The molecule has 0 aromatic heterocycles. The van der Waals surface area contributed by atoms with Crippen LogP contribution in [0.4, 0.5) is 0 Å². The smallest absolute Gasteiger partial charge is 0.133 e. The molecule has 0 radical (unpaired) electrons. The summed E-state index contributed by atoms with van der Waals surface area (Å²) in [6, 6.07) is 2.13. The molecule has 0 spiro atoms. The third-order valence-electron chi connectivity index (χ3n) is 1.18. The first-order valence-electron chi connectivity index (χ1n) is 4.39. The Balaban J connectivity index is 2.86. The second-order valence-electron chi connectivity index (χ2n) is 2.32. The van der Waals surface area contributed by atoms with Gasteiger partial charge in [0.1, 0.15) is 12.7 Å². The van der Waals surface area contributed by atoms with Gasteiger partial charge >= 0.3 is 0 Å². The van der Waals surface area contributed by atoms with Crippen LogP contribution in [0.5, 0.6) is 0 Å². The van der Waals surface area contributed by atoms with E-state index >= 15 is 0 Å². The molecule has 0 saturated heterocycles. The van der Waals surface area contributed by atoms with Gasteiger partial charge in [0.05, 0.1) is 19.8 Å². The van der Waals surface area contributed by atoms with E-state index in [2.05, 4.69) is 19.1 Å². The van der Waals surface area contributed by atoms with Crippen molar-refractivity contribution in [1.29, 1.82) is 0 Å². The van der Waals surface area contributed by atoms with Gasteiger partial charge in [-0.15, -0.1) is 0 Å². The van der Waals surface area contributed by atoms with E-state index < -0.39 is 0 Å². The van der Waals surface area contributed by atoms with Gasteiger partial charge in [0.25, 0.3) is 0 Å². The summed E-state index contributed by atoms with van der Waals surface area (Å²) in [6.45, 7) is 5.05. The average molecular weight is 187 g/mol.